The molecule has 1 heterocycles. The zero-order chi connectivity index (χ0) is 19.6. The van der Waals surface area contributed by atoms with Crippen LogP contribution in [0.5, 0.6) is 5.75 Å². The van der Waals surface area contributed by atoms with Gasteiger partial charge in [0.15, 0.2) is 0 Å². The summed E-state index contributed by atoms with van der Waals surface area (Å²) in [5.41, 5.74) is 1.61. The molecule has 0 radical (unpaired) electrons. The van der Waals surface area contributed by atoms with E-state index in [2.05, 4.69) is 4.72 Å². The summed E-state index contributed by atoms with van der Waals surface area (Å²) in [6.07, 6.45) is 0. The van der Waals surface area contributed by atoms with Crippen molar-refractivity contribution in [1.29, 1.82) is 0 Å². The maximum atomic E-state index is 12.6. The molecule has 3 aromatic rings. The van der Waals surface area contributed by atoms with E-state index >= 15 is 0 Å². The molecule has 0 spiro atoms. The van der Waals surface area contributed by atoms with Gasteiger partial charge in [0.1, 0.15) is 16.4 Å². The molecule has 0 amide bonds. The first-order valence-electron chi connectivity index (χ1n) is 7.82. The van der Waals surface area contributed by atoms with Crippen LogP contribution in [0.15, 0.2) is 63.9 Å². The van der Waals surface area contributed by atoms with Gasteiger partial charge in [0.2, 0.25) is 0 Å². The molecule has 0 aliphatic carbocycles. The molecule has 0 aliphatic heterocycles. The Hall–Kier alpha value is -3.33. The number of hydrogen-bond acceptors (Lipinski definition) is 6. The van der Waals surface area contributed by atoms with Crippen LogP contribution in [0.1, 0.15) is 5.56 Å². The van der Waals surface area contributed by atoms with Gasteiger partial charge in [0.05, 0.1) is 18.1 Å². The van der Waals surface area contributed by atoms with Crippen LogP contribution >= 0.6 is 0 Å². The van der Waals surface area contributed by atoms with Crippen molar-refractivity contribution in [2.24, 2.45) is 0 Å². The molecule has 1 aromatic heterocycles. The van der Waals surface area contributed by atoms with Gasteiger partial charge >= 0.3 is 5.88 Å². The Morgan fingerprint density at radius 3 is 2.37 bits per heavy atom. The first-order valence-corrected chi connectivity index (χ1v) is 9.30. The van der Waals surface area contributed by atoms with Gasteiger partial charge in [-0.2, -0.15) is 0 Å². The number of ether oxygens (including phenoxy) is 1. The molecule has 0 unspecified atom stereocenters. The fourth-order valence-electron chi connectivity index (χ4n) is 2.53. The van der Waals surface area contributed by atoms with Gasteiger partial charge in [-0.25, -0.2) is 8.42 Å². The molecule has 1 N–H and O–H groups in total. The highest BCUT2D eigenvalue weighted by Gasteiger charge is 2.17. The predicted molar refractivity (Wildman–Crippen MR) is 99.3 cm³/mol. The van der Waals surface area contributed by atoms with E-state index in [4.69, 9.17) is 9.15 Å². The molecule has 0 fully saturated rings. The quantitative estimate of drug-likeness (QED) is 0.505. The number of methoxy groups -OCH3 is 1. The van der Waals surface area contributed by atoms with E-state index in [0.717, 1.165) is 5.56 Å². The summed E-state index contributed by atoms with van der Waals surface area (Å²) in [5.74, 6) is 0.438. The maximum Gasteiger partial charge on any atom is 0.433 e. The zero-order valence-corrected chi connectivity index (χ0v) is 15.3. The number of rotatable bonds is 6. The first-order chi connectivity index (χ1) is 12.8. The molecule has 3 rings (SSSR count). The third-order valence-electron chi connectivity index (χ3n) is 3.76. The molecular weight excluding hydrogens is 372 g/mol. The number of furan rings is 1. The summed E-state index contributed by atoms with van der Waals surface area (Å²) in [5, 5.41) is 10.8. The molecule has 0 atom stereocenters. The Morgan fingerprint density at radius 1 is 1.07 bits per heavy atom. The van der Waals surface area contributed by atoms with Gasteiger partial charge < -0.3 is 9.15 Å². The fraction of sp³-hybridized carbons (Fsp3) is 0.111. The minimum absolute atomic E-state index is 0.0833. The lowest BCUT2D eigenvalue weighted by molar-refractivity contribution is -0.401. The average Bonchev–Trinajstić information content (AvgIpc) is 3.11. The van der Waals surface area contributed by atoms with E-state index in [1.54, 1.807) is 37.3 Å². The Morgan fingerprint density at radius 2 is 1.78 bits per heavy atom. The monoisotopic (exact) mass is 388 g/mol. The molecule has 9 heteroatoms. The second-order valence-corrected chi connectivity index (χ2v) is 7.45. The second kappa shape index (κ2) is 7.12. The third-order valence-corrected chi connectivity index (χ3v) is 5.15. The number of nitro groups is 1. The van der Waals surface area contributed by atoms with Crippen LogP contribution in [0.3, 0.4) is 0 Å². The number of nitrogens with zero attached hydrogens (tertiary/aromatic N) is 1. The second-order valence-electron chi connectivity index (χ2n) is 5.76. The summed E-state index contributed by atoms with van der Waals surface area (Å²) in [6.45, 7) is 1.78. The molecule has 2 aromatic carbocycles. The predicted octanol–water partition coefficient (Wildman–Crippen LogP) is 3.97. The molecule has 0 bridgehead atoms. The van der Waals surface area contributed by atoms with Crippen LogP contribution in [0.4, 0.5) is 11.6 Å². The highest BCUT2D eigenvalue weighted by atomic mass is 32.2. The Kier molecular flexibility index (Phi) is 4.87. The van der Waals surface area contributed by atoms with Crippen molar-refractivity contribution in [1.82, 2.24) is 0 Å². The molecular formula is C18H16N2O6S. The summed E-state index contributed by atoms with van der Waals surface area (Å²) < 4.78 is 37.9. The van der Waals surface area contributed by atoms with Gasteiger partial charge in [-0.05, 0) is 61.0 Å². The van der Waals surface area contributed by atoms with Crippen LogP contribution in [0.25, 0.3) is 11.3 Å². The summed E-state index contributed by atoms with van der Waals surface area (Å²) >= 11 is 0. The van der Waals surface area contributed by atoms with Crippen molar-refractivity contribution in [3.63, 3.8) is 0 Å². The van der Waals surface area contributed by atoms with E-state index in [1.165, 1.54) is 31.4 Å². The number of hydrogen-bond donors (Lipinski definition) is 1. The highest BCUT2D eigenvalue weighted by molar-refractivity contribution is 7.92. The smallest absolute Gasteiger partial charge is 0.433 e. The average molecular weight is 388 g/mol. The standard InChI is InChI=1S/C18H16N2O6S/c1-12-9-13(17-7-8-18(26-17)20(21)22)11-14(10-12)19-27(23,24)16-5-3-15(25-2)4-6-16/h3-11,19H,1-2H3. The summed E-state index contributed by atoms with van der Waals surface area (Å²) in [7, 11) is -2.31. The zero-order valence-electron chi connectivity index (χ0n) is 14.5. The summed E-state index contributed by atoms with van der Waals surface area (Å²) in [6, 6.07) is 13.7. The van der Waals surface area contributed by atoms with E-state index < -0.39 is 14.9 Å². The van der Waals surface area contributed by atoms with Crippen molar-refractivity contribution in [2.45, 2.75) is 11.8 Å². The maximum absolute atomic E-state index is 12.6. The van der Waals surface area contributed by atoms with E-state index in [1.807, 2.05) is 0 Å². The largest absolute Gasteiger partial charge is 0.497 e. The first kappa shape index (κ1) is 18.5. The van der Waals surface area contributed by atoms with Gasteiger partial charge in [0.25, 0.3) is 10.0 Å². The van der Waals surface area contributed by atoms with Crippen molar-refractivity contribution >= 4 is 21.6 Å². The lowest BCUT2D eigenvalue weighted by Crippen LogP contribution is -2.13. The number of nitrogens with one attached hydrogen (secondary N) is 1. The molecule has 0 saturated carbocycles. The van der Waals surface area contributed by atoms with E-state index in [-0.39, 0.29) is 16.5 Å². The molecule has 8 nitrogen and oxygen atoms in total. The van der Waals surface area contributed by atoms with Gasteiger partial charge in [0, 0.05) is 11.3 Å². The van der Waals surface area contributed by atoms with E-state index in [0.29, 0.717) is 17.0 Å². The van der Waals surface area contributed by atoms with Gasteiger partial charge in [-0.1, -0.05) is 0 Å². The van der Waals surface area contributed by atoms with Crippen molar-refractivity contribution in [2.75, 3.05) is 11.8 Å². The van der Waals surface area contributed by atoms with Gasteiger partial charge in [-0.3, -0.25) is 14.8 Å². The Labute approximate surface area is 155 Å². The fourth-order valence-corrected chi connectivity index (χ4v) is 3.57. The Balaban J connectivity index is 1.92. The number of aryl methyl sites for hydroxylation is 1. The lowest BCUT2D eigenvalue weighted by atomic mass is 10.1. The summed E-state index contributed by atoms with van der Waals surface area (Å²) in [4.78, 5) is 10.2. The van der Waals surface area contributed by atoms with Crippen molar-refractivity contribution in [3.05, 3.63) is 70.3 Å². The molecule has 0 saturated heterocycles. The van der Waals surface area contributed by atoms with Crippen molar-refractivity contribution in [3.8, 4) is 17.1 Å². The van der Waals surface area contributed by atoms with Crippen LogP contribution in [0.2, 0.25) is 0 Å². The van der Waals surface area contributed by atoms with Crippen LogP contribution < -0.4 is 9.46 Å². The minimum atomic E-state index is -3.81. The lowest BCUT2D eigenvalue weighted by Gasteiger charge is -2.11. The van der Waals surface area contributed by atoms with Crippen LogP contribution in [-0.2, 0) is 10.0 Å². The highest BCUT2D eigenvalue weighted by Crippen LogP contribution is 2.30. The van der Waals surface area contributed by atoms with Crippen LogP contribution in [0, 0.1) is 17.0 Å². The van der Waals surface area contributed by atoms with E-state index in [9.17, 15) is 18.5 Å². The molecule has 0 aliphatic rings. The number of anilines is 1. The normalized spacial score (nSPS) is 11.2. The molecule has 27 heavy (non-hydrogen) atoms. The van der Waals surface area contributed by atoms with Crippen LogP contribution in [-0.4, -0.2) is 20.5 Å². The van der Waals surface area contributed by atoms with Gasteiger partial charge in [-0.15, -0.1) is 0 Å². The SMILES string of the molecule is COc1ccc(S(=O)(=O)Nc2cc(C)cc(-c3ccc([N+](=O)[O-])o3)c2)cc1. The number of benzene rings is 2. The van der Waals surface area contributed by atoms with Crippen molar-refractivity contribution < 1.29 is 22.5 Å². The molecule has 140 valence electrons. The topological polar surface area (TPSA) is 112 Å². The Bertz CT molecular complexity index is 1090. The third kappa shape index (κ3) is 4.09. The minimum Gasteiger partial charge on any atom is -0.497 e. The number of sulfonamides is 1.